The second-order valence-electron chi connectivity index (χ2n) is 8.63. The van der Waals surface area contributed by atoms with Crippen molar-refractivity contribution in [1.29, 1.82) is 0 Å². The quantitative estimate of drug-likeness (QED) is 0.348. The van der Waals surface area contributed by atoms with E-state index in [9.17, 15) is 14.7 Å². The lowest BCUT2D eigenvalue weighted by atomic mass is 10.0. The van der Waals surface area contributed by atoms with Crippen molar-refractivity contribution in [1.82, 2.24) is 9.88 Å². The molecule has 2 N–H and O–H groups in total. The zero-order valence-corrected chi connectivity index (χ0v) is 20.4. The Morgan fingerprint density at radius 2 is 1.97 bits per heavy atom. The minimum absolute atomic E-state index is 0.0923. The number of amides is 1. The number of aromatic nitrogens is 1. The van der Waals surface area contributed by atoms with Crippen molar-refractivity contribution in [2.75, 3.05) is 18.4 Å². The predicted molar refractivity (Wildman–Crippen MR) is 138 cm³/mol. The Labute approximate surface area is 205 Å². The van der Waals surface area contributed by atoms with Crippen LogP contribution in [-0.2, 0) is 11.2 Å². The molecule has 0 radical (unpaired) electrons. The van der Waals surface area contributed by atoms with E-state index in [0.29, 0.717) is 16.4 Å². The number of fused-ring (bicyclic) bond motifs is 1. The van der Waals surface area contributed by atoms with Crippen LogP contribution in [0.15, 0.2) is 53.9 Å². The Kier molecular flexibility index (Phi) is 6.45. The highest BCUT2D eigenvalue weighted by atomic mass is 32.1. The molecule has 1 atom stereocenters. The van der Waals surface area contributed by atoms with Crippen LogP contribution in [0, 0.1) is 6.92 Å². The van der Waals surface area contributed by atoms with E-state index < -0.39 is 5.97 Å². The van der Waals surface area contributed by atoms with Gasteiger partial charge in [-0.2, -0.15) is 0 Å². The minimum Gasteiger partial charge on any atom is -0.477 e. The highest BCUT2D eigenvalue weighted by Gasteiger charge is 2.29. The number of carboxylic acid groups (broad SMARTS) is 1. The number of thiophene rings is 1. The lowest BCUT2D eigenvalue weighted by Gasteiger charge is -2.23. The Bertz CT molecular complexity index is 1340. The summed E-state index contributed by atoms with van der Waals surface area (Å²) in [6.07, 6.45) is 2.58. The van der Waals surface area contributed by atoms with Gasteiger partial charge in [-0.05, 0) is 49.7 Å². The van der Waals surface area contributed by atoms with Crippen LogP contribution in [0.25, 0.3) is 21.3 Å². The summed E-state index contributed by atoms with van der Waals surface area (Å²) in [5.74, 6) is -0.975. The van der Waals surface area contributed by atoms with Crippen LogP contribution in [0.4, 0.5) is 5.13 Å². The molecule has 1 amide bonds. The van der Waals surface area contributed by atoms with E-state index in [2.05, 4.69) is 15.2 Å². The fraction of sp³-hybridized carbons (Fsp3) is 0.269. The number of anilines is 1. The molecule has 8 heteroatoms. The molecule has 34 heavy (non-hydrogen) atoms. The van der Waals surface area contributed by atoms with Crippen LogP contribution in [0.5, 0.6) is 0 Å². The third kappa shape index (κ3) is 4.75. The standard InChI is InChI=1S/C26H25N3O3S2/c1-16-8-10-17(11-9-16)21-15-33-26(27-21)28-23(30)14-29-12-4-5-18(29)13-20-19-6-2-3-7-22(19)34-24(20)25(31)32/h2-3,6-11,15,18H,4-5,12-14H2,1H3,(H,31,32)(H,27,28,30). The summed E-state index contributed by atoms with van der Waals surface area (Å²) >= 11 is 2.75. The summed E-state index contributed by atoms with van der Waals surface area (Å²) in [6.45, 7) is 3.15. The second-order valence-corrected chi connectivity index (χ2v) is 10.5. The molecule has 1 fully saturated rings. The molecule has 6 nitrogen and oxygen atoms in total. The fourth-order valence-corrected chi connectivity index (χ4v) is 6.38. The lowest BCUT2D eigenvalue weighted by molar-refractivity contribution is -0.117. The number of aromatic carboxylic acids is 1. The Morgan fingerprint density at radius 1 is 1.18 bits per heavy atom. The summed E-state index contributed by atoms with van der Waals surface area (Å²) in [5, 5.41) is 16.2. The first-order chi connectivity index (χ1) is 16.5. The van der Waals surface area contributed by atoms with Crippen molar-refractivity contribution in [2.45, 2.75) is 32.2 Å². The van der Waals surface area contributed by atoms with E-state index in [0.717, 1.165) is 46.3 Å². The van der Waals surface area contributed by atoms with Crippen LogP contribution in [0.1, 0.15) is 33.6 Å². The molecule has 174 valence electrons. The maximum atomic E-state index is 12.8. The third-order valence-electron chi connectivity index (χ3n) is 6.28. The summed E-state index contributed by atoms with van der Waals surface area (Å²) < 4.78 is 0.991. The van der Waals surface area contributed by atoms with Gasteiger partial charge in [-0.15, -0.1) is 22.7 Å². The molecule has 4 aromatic rings. The number of nitrogens with zero attached hydrogens (tertiary/aromatic N) is 2. The molecule has 0 spiro atoms. The number of carbonyl (C=O) groups is 2. The molecule has 5 rings (SSSR count). The smallest absolute Gasteiger partial charge is 0.346 e. The van der Waals surface area contributed by atoms with E-state index in [1.807, 2.05) is 60.8 Å². The summed E-state index contributed by atoms with van der Waals surface area (Å²) in [4.78, 5) is 31.8. The first kappa shape index (κ1) is 22.7. The highest BCUT2D eigenvalue weighted by Crippen LogP contribution is 2.34. The van der Waals surface area contributed by atoms with Crippen molar-refractivity contribution in [3.05, 3.63) is 69.9 Å². The normalized spacial score (nSPS) is 16.2. The summed E-state index contributed by atoms with van der Waals surface area (Å²) in [7, 11) is 0. The van der Waals surface area contributed by atoms with E-state index in [4.69, 9.17) is 0 Å². The highest BCUT2D eigenvalue weighted by molar-refractivity contribution is 7.21. The number of rotatable bonds is 7. The van der Waals surface area contributed by atoms with Gasteiger partial charge < -0.3 is 10.4 Å². The van der Waals surface area contributed by atoms with Crippen molar-refractivity contribution in [3.63, 3.8) is 0 Å². The molecule has 0 aliphatic carbocycles. The van der Waals surface area contributed by atoms with E-state index >= 15 is 0 Å². The van der Waals surface area contributed by atoms with Gasteiger partial charge in [-0.25, -0.2) is 9.78 Å². The number of carboxylic acids is 1. The number of likely N-dealkylation sites (tertiary alicyclic amines) is 1. The third-order valence-corrected chi connectivity index (χ3v) is 8.23. The number of hydrogen-bond acceptors (Lipinski definition) is 6. The number of thiazole rings is 1. The molecule has 1 aliphatic heterocycles. The average Bonchev–Trinajstić information content (AvgIpc) is 3.54. The second kappa shape index (κ2) is 9.66. The molecule has 2 aromatic carbocycles. The van der Waals surface area contributed by atoms with Crippen LogP contribution in [0.2, 0.25) is 0 Å². The van der Waals surface area contributed by atoms with E-state index in [1.54, 1.807) is 0 Å². The lowest BCUT2D eigenvalue weighted by Crippen LogP contribution is -2.38. The fourth-order valence-electron chi connectivity index (χ4n) is 4.58. The van der Waals surface area contributed by atoms with Crippen LogP contribution >= 0.6 is 22.7 Å². The maximum absolute atomic E-state index is 12.8. The maximum Gasteiger partial charge on any atom is 0.346 e. The number of carbonyl (C=O) groups excluding carboxylic acids is 1. The Morgan fingerprint density at radius 3 is 2.76 bits per heavy atom. The van der Waals surface area contributed by atoms with Gasteiger partial charge in [0, 0.05) is 21.7 Å². The number of nitrogens with one attached hydrogen (secondary N) is 1. The van der Waals surface area contributed by atoms with Gasteiger partial charge >= 0.3 is 5.97 Å². The van der Waals surface area contributed by atoms with E-state index in [-0.39, 0.29) is 18.5 Å². The van der Waals surface area contributed by atoms with Crippen molar-refractivity contribution in [3.8, 4) is 11.3 Å². The molecule has 1 aliphatic rings. The Balaban J connectivity index is 1.26. The van der Waals surface area contributed by atoms with Gasteiger partial charge in [0.05, 0.1) is 12.2 Å². The average molecular weight is 492 g/mol. The van der Waals surface area contributed by atoms with Crippen molar-refractivity contribution >= 4 is 49.8 Å². The molecule has 3 heterocycles. The van der Waals surface area contributed by atoms with Crippen LogP contribution in [0.3, 0.4) is 0 Å². The summed E-state index contributed by atoms with van der Waals surface area (Å²) in [5.41, 5.74) is 3.95. The van der Waals surface area contributed by atoms with Gasteiger partial charge in [0.2, 0.25) is 5.91 Å². The van der Waals surface area contributed by atoms with Crippen molar-refractivity contribution in [2.24, 2.45) is 0 Å². The number of benzene rings is 2. The summed E-state index contributed by atoms with van der Waals surface area (Å²) in [6, 6.07) is 16.1. The molecule has 0 bridgehead atoms. The SMILES string of the molecule is Cc1ccc(-c2csc(NC(=O)CN3CCCC3Cc3c(C(=O)O)sc4ccccc34)n2)cc1. The van der Waals surface area contributed by atoms with Gasteiger partial charge in [0.25, 0.3) is 0 Å². The van der Waals surface area contributed by atoms with Gasteiger partial charge in [-0.1, -0.05) is 48.0 Å². The zero-order chi connectivity index (χ0) is 23.7. The monoisotopic (exact) mass is 491 g/mol. The van der Waals surface area contributed by atoms with E-state index in [1.165, 1.54) is 28.2 Å². The van der Waals surface area contributed by atoms with Gasteiger partial charge in [0.15, 0.2) is 5.13 Å². The first-order valence-electron chi connectivity index (χ1n) is 11.3. The largest absolute Gasteiger partial charge is 0.477 e. The van der Waals surface area contributed by atoms with Gasteiger partial charge in [-0.3, -0.25) is 9.69 Å². The Hall–Kier alpha value is -3.07. The number of hydrogen-bond donors (Lipinski definition) is 2. The first-order valence-corrected chi connectivity index (χ1v) is 13.0. The molecular formula is C26H25N3O3S2. The van der Waals surface area contributed by atoms with Crippen LogP contribution < -0.4 is 5.32 Å². The molecule has 2 aromatic heterocycles. The van der Waals surface area contributed by atoms with Crippen LogP contribution in [-0.4, -0.2) is 46.0 Å². The molecule has 0 saturated carbocycles. The van der Waals surface area contributed by atoms with Crippen molar-refractivity contribution < 1.29 is 14.7 Å². The predicted octanol–water partition coefficient (Wildman–Crippen LogP) is 5.68. The minimum atomic E-state index is -0.883. The number of aryl methyl sites for hydroxylation is 1. The molecule has 1 saturated heterocycles. The topological polar surface area (TPSA) is 82.5 Å². The zero-order valence-electron chi connectivity index (χ0n) is 18.8. The molecular weight excluding hydrogens is 466 g/mol. The van der Waals surface area contributed by atoms with Gasteiger partial charge in [0.1, 0.15) is 4.88 Å². The molecule has 1 unspecified atom stereocenters.